The number of aliphatic hydroxyl groups excluding tert-OH is 1. The number of benzene rings is 2. The molecule has 0 saturated carbocycles. The molecular weight excluding hydrogens is 441 g/mol. The number of carboxylic acid groups (broad SMARTS) is 1. The van der Waals surface area contributed by atoms with Crippen LogP contribution in [0.15, 0.2) is 48.5 Å². The lowest BCUT2D eigenvalue weighted by Crippen LogP contribution is -2.44. The third-order valence-corrected chi connectivity index (χ3v) is 4.40. The molecule has 0 aliphatic carbocycles. The molecule has 11 nitrogen and oxygen atoms in total. The second-order valence-electron chi connectivity index (χ2n) is 7.01. The number of nitrogens with one attached hydrogen (secondary N) is 2. The Kier molecular flexibility index (Phi) is 9.24. The Balaban J connectivity index is 1.81. The predicted octanol–water partition coefficient (Wildman–Crippen LogP) is 1.52. The summed E-state index contributed by atoms with van der Waals surface area (Å²) in [6.45, 7) is -0.298. The highest BCUT2D eigenvalue weighted by molar-refractivity contribution is 5.84. The fourth-order valence-corrected chi connectivity index (χ4v) is 2.78. The number of carbonyl (C=O) groups is 3. The number of aliphatic hydroxyl groups is 1. The summed E-state index contributed by atoms with van der Waals surface area (Å²) >= 11 is 0. The Labute approximate surface area is 187 Å². The Bertz CT molecular complexity index is 1000. The summed E-state index contributed by atoms with van der Waals surface area (Å²) in [6.07, 6.45) is -3.00. The summed E-state index contributed by atoms with van der Waals surface area (Å²) in [7, 11) is 0. The van der Waals surface area contributed by atoms with Gasteiger partial charge in [-0.1, -0.05) is 36.4 Å². The first-order valence-corrected chi connectivity index (χ1v) is 9.73. The van der Waals surface area contributed by atoms with Crippen molar-refractivity contribution in [2.75, 3.05) is 6.54 Å². The average Bonchev–Trinajstić information content (AvgIpc) is 2.77. The van der Waals surface area contributed by atoms with Crippen LogP contribution in [0.2, 0.25) is 0 Å². The zero-order valence-electron chi connectivity index (χ0n) is 17.3. The maximum absolute atomic E-state index is 13.4. The molecule has 0 aromatic heterocycles. The number of rotatable bonds is 11. The molecule has 33 heavy (non-hydrogen) atoms. The van der Waals surface area contributed by atoms with E-state index in [1.54, 1.807) is 24.3 Å². The van der Waals surface area contributed by atoms with Crippen molar-refractivity contribution in [3.05, 3.63) is 75.6 Å². The molecule has 2 amide bonds. The molecule has 0 aliphatic rings. The monoisotopic (exact) mass is 463 g/mol. The van der Waals surface area contributed by atoms with Crippen LogP contribution in [-0.4, -0.2) is 51.8 Å². The van der Waals surface area contributed by atoms with E-state index in [2.05, 4.69) is 10.6 Å². The van der Waals surface area contributed by atoms with Crippen LogP contribution in [0.25, 0.3) is 0 Å². The maximum atomic E-state index is 13.4. The van der Waals surface area contributed by atoms with Crippen LogP contribution in [0.4, 0.5) is 14.9 Å². The van der Waals surface area contributed by atoms with Gasteiger partial charge in [0.05, 0.1) is 17.4 Å². The lowest BCUT2D eigenvalue weighted by molar-refractivity contribution is -0.387. The molecular formula is C21H22FN3O8. The number of aliphatic carboxylic acids is 1. The van der Waals surface area contributed by atoms with Gasteiger partial charge in [-0.15, -0.1) is 0 Å². The highest BCUT2D eigenvalue weighted by Gasteiger charge is 2.24. The fraction of sp³-hybridized carbons (Fsp3) is 0.286. The summed E-state index contributed by atoms with van der Waals surface area (Å²) in [5, 5.41) is 34.6. The number of ether oxygens (including phenoxy) is 1. The molecule has 0 spiro atoms. The number of carboxylic acids is 1. The SMILES string of the molecule is O=C(C[C@@H](O)CNC(=O)OCc1ccccc1)N[C@@H](Cc1ccc(F)c([N+](=O)[O-])c1)C(=O)O. The van der Waals surface area contributed by atoms with Crippen molar-refractivity contribution in [3.8, 4) is 0 Å². The maximum Gasteiger partial charge on any atom is 0.407 e. The number of alkyl carbamates (subject to hydrolysis) is 1. The van der Waals surface area contributed by atoms with Gasteiger partial charge in [0, 0.05) is 19.0 Å². The number of carbonyl (C=O) groups excluding carboxylic acids is 2. The molecule has 2 atom stereocenters. The van der Waals surface area contributed by atoms with Crippen LogP contribution < -0.4 is 10.6 Å². The van der Waals surface area contributed by atoms with Gasteiger partial charge in [0.15, 0.2) is 0 Å². The van der Waals surface area contributed by atoms with Crippen molar-refractivity contribution in [2.45, 2.75) is 31.6 Å². The zero-order valence-corrected chi connectivity index (χ0v) is 17.3. The van der Waals surface area contributed by atoms with E-state index >= 15 is 0 Å². The highest BCUT2D eigenvalue weighted by atomic mass is 19.1. The van der Waals surface area contributed by atoms with Crippen LogP contribution in [0.5, 0.6) is 0 Å². The first-order chi connectivity index (χ1) is 15.7. The highest BCUT2D eigenvalue weighted by Crippen LogP contribution is 2.19. The molecule has 2 aromatic rings. The van der Waals surface area contributed by atoms with Gasteiger partial charge in [-0.25, -0.2) is 9.59 Å². The molecule has 0 saturated heterocycles. The Morgan fingerprint density at radius 1 is 1.12 bits per heavy atom. The molecule has 176 valence electrons. The standard InChI is InChI=1S/C21H22FN3O8/c22-16-7-6-14(9-18(16)25(31)32)8-17(20(28)29)24-19(27)10-15(26)11-23-21(30)33-12-13-4-2-1-3-5-13/h1-7,9,15,17,26H,8,10-12H2,(H,23,30)(H,24,27)(H,28,29)/t15-,17+/m1/s1. The van der Waals surface area contributed by atoms with E-state index in [0.29, 0.717) is 0 Å². The van der Waals surface area contributed by atoms with Gasteiger partial charge in [0.1, 0.15) is 12.6 Å². The molecule has 0 fully saturated rings. The summed E-state index contributed by atoms with van der Waals surface area (Å²) in [5.41, 5.74) is 0.0709. The molecule has 0 aliphatic heterocycles. The van der Waals surface area contributed by atoms with Gasteiger partial charge in [0.2, 0.25) is 11.7 Å². The molecule has 4 N–H and O–H groups in total. The average molecular weight is 463 g/mol. The second-order valence-corrected chi connectivity index (χ2v) is 7.01. The molecule has 0 radical (unpaired) electrons. The number of amides is 2. The molecule has 12 heteroatoms. The summed E-state index contributed by atoms with van der Waals surface area (Å²) in [4.78, 5) is 45.1. The Morgan fingerprint density at radius 3 is 2.45 bits per heavy atom. The van der Waals surface area contributed by atoms with Crippen LogP contribution in [0, 0.1) is 15.9 Å². The van der Waals surface area contributed by atoms with Crippen LogP contribution in [0.1, 0.15) is 17.5 Å². The predicted molar refractivity (Wildman–Crippen MR) is 112 cm³/mol. The summed E-state index contributed by atoms with van der Waals surface area (Å²) in [5.74, 6) is -3.32. The number of nitro groups is 1. The van der Waals surface area contributed by atoms with Gasteiger partial charge in [-0.05, 0) is 17.2 Å². The summed E-state index contributed by atoms with van der Waals surface area (Å²) in [6, 6.07) is 10.3. The van der Waals surface area contributed by atoms with E-state index in [9.17, 15) is 39.1 Å². The van der Waals surface area contributed by atoms with E-state index in [-0.39, 0.29) is 25.1 Å². The van der Waals surface area contributed by atoms with Crippen molar-refractivity contribution in [3.63, 3.8) is 0 Å². The number of hydrogen-bond donors (Lipinski definition) is 4. The molecule has 2 aromatic carbocycles. The number of halogens is 1. The summed E-state index contributed by atoms with van der Waals surface area (Å²) < 4.78 is 18.4. The van der Waals surface area contributed by atoms with Crippen molar-refractivity contribution in [1.29, 1.82) is 0 Å². The van der Waals surface area contributed by atoms with E-state index in [1.165, 1.54) is 6.07 Å². The quantitative estimate of drug-likeness (QED) is 0.287. The van der Waals surface area contributed by atoms with Gasteiger partial charge in [-0.2, -0.15) is 4.39 Å². The van der Waals surface area contributed by atoms with Crippen molar-refractivity contribution in [1.82, 2.24) is 10.6 Å². The van der Waals surface area contributed by atoms with E-state index in [0.717, 1.165) is 17.7 Å². The number of nitro benzene ring substituents is 1. The lowest BCUT2D eigenvalue weighted by Gasteiger charge is -2.17. The minimum absolute atomic E-state index is 0.0189. The van der Waals surface area contributed by atoms with Gasteiger partial charge >= 0.3 is 17.7 Å². The normalized spacial score (nSPS) is 12.3. The zero-order chi connectivity index (χ0) is 24.4. The lowest BCUT2D eigenvalue weighted by atomic mass is 10.0. The van der Waals surface area contributed by atoms with Crippen molar-refractivity contribution < 1.29 is 38.6 Å². The number of nitrogens with zero attached hydrogens (tertiary/aromatic N) is 1. The van der Waals surface area contributed by atoms with E-state index in [4.69, 9.17) is 4.74 Å². The minimum Gasteiger partial charge on any atom is -0.480 e. The first kappa shape index (κ1) is 25.2. The third-order valence-electron chi connectivity index (χ3n) is 4.40. The first-order valence-electron chi connectivity index (χ1n) is 9.73. The van der Waals surface area contributed by atoms with Gasteiger partial charge in [-0.3, -0.25) is 14.9 Å². The Morgan fingerprint density at radius 2 is 1.82 bits per heavy atom. The van der Waals surface area contributed by atoms with Gasteiger partial charge < -0.3 is 25.6 Å². The van der Waals surface area contributed by atoms with Crippen molar-refractivity contribution >= 4 is 23.7 Å². The van der Waals surface area contributed by atoms with E-state index < -0.39 is 53.0 Å². The van der Waals surface area contributed by atoms with Gasteiger partial charge in [0.25, 0.3) is 0 Å². The largest absolute Gasteiger partial charge is 0.480 e. The van der Waals surface area contributed by atoms with Crippen LogP contribution in [-0.2, 0) is 27.4 Å². The third kappa shape index (κ3) is 8.53. The van der Waals surface area contributed by atoms with E-state index in [1.807, 2.05) is 6.07 Å². The molecule has 0 unspecified atom stereocenters. The Hall–Kier alpha value is -4.06. The second kappa shape index (κ2) is 12.1. The smallest absolute Gasteiger partial charge is 0.407 e. The fourth-order valence-electron chi connectivity index (χ4n) is 2.78. The van der Waals surface area contributed by atoms with Crippen LogP contribution >= 0.6 is 0 Å². The minimum atomic E-state index is -1.47. The molecule has 2 rings (SSSR count). The topological polar surface area (TPSA) is 168 Å². The molecule has 0 bridgehead atoms. The van der Waals surface area contributed by atoms with Crippen LogP contribution in [0.3, 0.4) is 0 Å². The molecule has 0 heterocycles. The number of hydrogen-bond acceptors (Lipinski definition) is 7. The van der Waals surface area contributed by atoms with Crippen molar-refractivity contribution in [2.24, 2.45) is 0 Å².